The summed E-state index contributed by atoms with van der Waals surface area (Å²) >= 11 is 0.820. The Hall–Kier alpha value is -2.60. The van der Waals surface area contributed by atoms with Crippen molar-refractivity contribution in [2.24, 2.45) is 0 Å². The van der Waals surface area contributed by atoms with Crippen LogP contribution in [0.15, 0.2) is 11.4 Å². The lowest BCUT2D eigenvalue weighted by Gasteiger charge is -2.38. The molecule has 0 aromatic carbocycles. The molecule has 0 saturated carbocycles. The van der Waals surface area contributed by atoms with Crippen LogP contribution in [-0.2, 0) is 15.7 Å². The van der Waals surface area contributed by atoms with Gasteiger partial charge in [-0.25, -0.2) is 9.78 Å². The van der Waals surface area contributed by atoms with Crippen molar-refractivity contribution < 1.29 is 37.0 Å². The highest BCUT2D eigenvalue weighted by atomic mass is 32.1. The van der Waals surface area contributed by atoms with Gasteiger partial charge in [0.2, 0.25) is 5.88 Å². The van der Waals surface area contributed by atoms with Crippen LogP contribution in [0.5, 0.6) is 5.88 Å². The number of carbonyl (C=O) groups excluding carboxylic acids is 2. The van der Waals surface area contributed by atoms with Crippen LogP contribution in [0, 0.1) is 0 Å². The van der Waals surface area contributed by atoms with E-state index in [1.165, 1.54) is 12.4 Å². The number of carbonyl (C=O) groups is 2. The van der Waals surface area contributed by atoms with Gasteiger partial charge in [0, 0.05) is 38.0 Å². The minimum Gasteiger partial charge on any atom is -0.472 e. The Morgan fingerprint density at radius 1 is 1.26 bits per heavy atom. The summed E-state index contributed by atoms with van der Waals surface area (Å²) in [6, 6.07) is 0.878. The van der Waals surface area contributed by atoms with E-state index in [2.05, 4.69) is 10.3 Å². The fourth-order valence-corrected chi connectivity index (χ4v) is 5.40. The van der Waals surface area contributed by atoms with Gasteiger partial charge < -0.3 is 24.4 Å². The number of fused-ring (bicyclic) bond motifs is 1. The van der Waals surface area contributed by atoms with Crippen molar-refractivity contribution in [3.63, 3.8) is 0 Å². The minimum atomic E-state index is -4.63. The SMILES string of the molecule is CNC(=O)c1csc2c(C(F)(F)F)cc(OC3COC4(CCN(C(=O)OC(C)(C)C)CC4)C3)nc12. The second-order valence-electron chi connectivity index (χ2n) is 9.82. The number of hydrogen-bond donors (Lipinski definition) is 1. The van der Waals surface area contributed by atoms with E-state index in [0.29, 0.717) is 32.4 Å². The van der Waals surface area contributed by atoms with Gasteiger partial charge in [-0.15, -0.1) is 11.3 Å². The predicted molar refractivity (Wildman–Crippen MR) is 123 cm³/mol. The zero-order valence-corrected chi connectivity index (χ0v) is 20.8. The fourth-order valence-electron chi connectivity index (χ4n) is 4.37. The lowest BCUT2D eigenvalue weighted by molar-refractivity contribution is -0.136. The average Bonchev–Trinajstić information content (AvgIpc) is 3.35. The maximum absolute atomic E-state index is 13.7. The zero-order chi connectivity index (χ0) is 25.6. The molecule has 2 saturated heterocycles. The molecule has 192 valence electrons. The summed E-state index contributed by atoms with van der Waals surface area (Å²) in [5.41, 5.74) is -1.97. The molecule has 1 spiro atoms. The average molecular weight is 516 g/mol. The monoisotopic (exact) mass is 515 g/mol. The molecule has 2 aliphatic rings. The summed E-state index contributed by atoms with van der Waals surface area (Å²) in [5, 5.41) is 3.78. The number of piperidine rings is 1. The predicted octanol–water partition coefficient (Wildman–Crippen LogP) is 4.61. The van der Waals surface area contributed by atoms with E-state index in [-0.39, 0.29) is 34.4 Å². The Morgan fingerprint density at radius 3 is 2.54 bits per heavy atom. The van der Waals surface area contributed by atoms with E-state index in [0.717, 1.165) is 17.4 Å². The van der Waals surface area contributed by atoms with Crippen molar-refractivity contribution in [3.05, 3.63) is 22.6 Å². The van der Waals surface area contributed by atoms with Crippen LogP contribution in [0.4, 0.5) is 18.0 Å². The third kappa shape index (κ3) is 5.48. The molecule has 4 rings (SSSR count). The lowest BCUT2D eigenvalue weighted by Crippen LogP contribution is -2.48. The topological polar surface area (TPSA) is 90.0 Å². The number of amides is 2. The van der Waals surface area contributed by atoms with Gasteiger partial charge in [-0.1, -0.05) is 0 Å². The zero-order valence-electron chi connectivity index (χ0n) is 20.0. The summed E-state index contributed by atoms with van der Waals surface area (Å²) in [4.78, 5) is 30.3. The van der Waals surface area contributed by atoms with E-state index >= 15 is 0 Å². The molecule has 4 heterocycles. The number of likely N-dealkylation sites (tertiary alicyclic amines) is 1. The van der Waals surface area contributed by atoms with Gasteiger partial charge in [0.05, 0.1) is 33.6 Å². The van der Waals surface area contributed by atoms with Crippen molar-refractivity contribution in [2.75, 3.05) is 26.7 Å². The van der Waals surface area contributed by atoms with E-state index in [1.807, 2.05) is 20.8 Å². The summed E-state index contributed by atoms with van der Waals surface area (Å²) in [6.45, 7) is 6.52. The highest BCUT2D eigenvalue weighted by Gasteiger charge is 2.45. The molecule has 1 N–H and O–H groups in total. The molecule has 1 atom stereocenters. The van der Waals surface area contributed by atoms with Crippen molar-refractivity contribution in [1.29, 1.82) is 0 Å². The molecule has 2 fully saturated rings. The molecular formula is C23H28F3N3O5S. The van der Waals surface area contributed by atoms with Crippen LogP contribution in [-0.4, -0.2) is 65.9 Å². The molecule has 0 bridgehead atoms. The van der Waals surface area contributed by atoms with Gasteiger partial charge in [0.1, 0.15) is 11.7 Å². The Balaban J connectivity index is 1.48. The Bertz CT molecular complexity index is 1120. The first-order valence-electron chi connectivity index (χ1n) is 11.3. The first-order chi connectivity index (χ1) is 16.3. The third-order valence-corrected chi connectivity index (χ3v) is 7.07. The Kier molecular flexibility index (Phi) is 6.64. The quantitative estimate of drug-likeness (QED) is 0.642. The van der Waals surface area contributed by atoms with Gasteiger partial charge in [-0.3, -0.25) is 4.79 Å². The van der Waals surface area contributed by atoms with E-state index in [4.69, 9.17) is 14.2 Å². The molecule has 35 heavy (non-hydrogen) atoms. The first kappa shape index (κ1) is 25.5. The number of hydrogen-bond acceptors (Lipinski definition) is 7. The molecule has 2 amide bonds. The van der Waals surface area contributed by atoms with E-state index < -0.39 is 35.0 Å². The number of ether oxygens (including phenoxy) is 3. The summed E-state index contributed by atoms with van der Waals surface area (Å²) < 4.78 is 58.4. The van der Waals surface area contributed by atoms with Crippen LogP contribution in [0.1, 0.15) is 56.0 Å². The number of pyridine rings is 1. The van der Waals surface area contributed by atoms with Crippen molar-refractivity contribution >= 4 is 33.6 Å². The normalized spacial score (nSPS) is 20.3. The van der Waals surface area contributed by atoms with Crippen LogP contribution < -0.4 is 10.1 Å². The fraction of sp³-hybridized carbons (Fsp3) is 0.609. The van der Waals surface area contributed by atoms with Crippen molar-refractivity contribution in [3.8, 4) is 5.88 Å². The summed E-state index contributed by atoms with van der Waals surface area (Å²) in [5.74, 6) is -0.723. The van der Waals surface area contributed by atoms with Crippen LogP contribution >= 0.6 is 11.3 Å². The highest BCUT2D eigenvalue weighted by molar-refractivity contribution is 7.17. The van der Waals surface area contributed by atoms with Gasteiger partial charge in [0.25, 0.3) is 5.91 Å². The largest absolute Gasteiger partial charge is 0.472 e. The van der Waals surface area contributed by atoms with Gasteiger partial charge >= 0.3 is 12.3 Å². The maximum Gasteiger partial charge on any atom is 0.418 e. The van der Waals surface area contributed by atoms with Crippen LogP contribution in [0.25, 0.3) is 10.2 Å². The molecule has 12 heteroatoms. The standard InChI is InChI=1S/C23H28F3N3O5S/c1-21(2,3)34-20(31)29-7-5-22(6-8-29)10-13(11-32-22)33-16-9-15(23(24,25)26)18-17(28-16)14(12-35-18)19(30)27-4/h9,12-13H,5-8,10-11H2,1-4H3,(H,27,30). The summed E-state index contributed by atoms with van der Waals surface area (Å²) in [6.07, 6.45) is -3.92. The summed E-state index contributed by atoms with van der Waals surface area (Å²) in [7, 11) is 1.40. The molecule has 2 aromatic heterocycles. The molecule has 0 aliphatic carbocycles. The van der Waals surface area contributed by atoms with Crippen LogP contribution in [0.3, 0.4) is 0 Å². The Morgan fingerprint density at radius 2 is 1.94 bits per heavy atom. The highest BCUT2D eigenvalue weighted by Crippen LogP contribution is 2.42. The second kappa shape index (κ2) is 9.12. The molecule has 1 unspecified atom stereocenters. The van der Waals surface area contributed by atoms with Crippen LogP contribution in [0.2, 0.25) is 0 Å². The number of nitrogens with zero attached hydrogens (tertiary/aromatic N) is 2. The minimum absolute atomic E-state index is 0.0431. The number of aromatic nitrogens is 1. The third-order valence-electron chi connectivity index (χ3n) is 6.07. The molecule has 8 nitrogen and oxygen atoms in total. The number of nitrogens with one attached hydrogen (secondary N) is 1. The smallest absolute Gasteiger partial charge is 0.418 e. The van der Waals surface area contributed by atoms with Crippen molar-refractivity contribution in [2.45, 2.75) is 63.5 Å². The molecule has 2 aromatic rings. The van der Waals surface area contributed by atoms with Gasteiger partial charge in [-0.05, 0) is 33.6 Å². The maximum atomic E-state index is 13.7. The molecule has 0 radical (unpaired) electrons. The number of rotatable bonds is 3. The second-order valence-corrected chi connectivity index (χ2v) is 10.7. The lowest BCUT2D eigenvalue weighted by atomic mass is 9.88. The van der Waals surface area contributed by atoms with E-state index in [9.17, 15) is 22.8 Å². The van der Waals surface area contributed by atoms with Gasteiger partial charge in [-0.2, -0.15) is 13.2 Å². The Labute approximate surface area is 204 Å². The first-order valence-corrected chi connectivity index (χ1v) is 12.2. The number of alkyl halides is 3. The number of thiophene rings is 1. The molecule has 2 aliphatic heterocycles. The number of halogens is 3. The van der Waals surface area contributed by atoms with Crippen molar-refractivity contribution in [1.82, 2.24) is 15.2 Å². The van der Waals surface area contributed by atoms with E-state index in [1.54, 1.807) is 4.90 Å². The van der Waals surface area contributed by atoms with Gasteiger partial charge in [0.15, 0.2) is 0 Å². The molecular weight excluding hydrogens is 487 g/mol.